The van der Waals surface area contributed by atoms with Gasteiger partial charge in [0.25, 0.3) is 0 Å². The number of hydrogen-bond acceptors (Lipinski definition) is 3. The van der Waals surface area contributed by atoms with E-state index >= 15 is 0 Å². The molecule has 130 valence electrons. The Morgan fingerprint density at radius 1 is 1.04 bits per heavy atom. The minimum Gasteiger partial charge on any atom is -0.360 e. The maximum atomic E-state index is 12.9. The monoisotopic (exact) mass is 568 g/mol. The van der Waals surface area contributed by atoms with E-state index in [0.717, 1.165) is 22.3 Å². The van der Waals surface area contributed by atoms with E-state index in [9.17, 15) is 4.79 Å². The molecule has 0 fully saturated rings. The summed E-state index contributed by atoms with van der Waals surface area (Å²) in [6, 6.07) is 15.6. The molecule has 0 radical (unpaired) electrons. The van der Waals surface area contributed by atoms with Crippen molar-refractivity contribution in [1.82, 2.24) is 14.5 Å². The summed E-state index contributed by atoms with van der Waals surface area (Å²) in [6.07, 6.45) is 1.75. The molecular formula is C21H20N3OU-. The Labute approximate surface area is 176 Å². The van der Waals surface area contributed by atoms with Gasteiger partial charge in [0.15, 0.2) is 0 Å². The SMILES string of the molecule is CC(C)(C)c1nc2c3ncccc3[cH-]c(=O)c2n1Cc1ccccc1.[U]. The molecule has 4 rings (SSSR count). The number of hydrogen-bond donors (Lipinski definition) is 0. The molecule has 4 nitrogen and oxygen atoms in total. The van der Waals surface area contributed by atoms with Crippen LogP contribution in [0.25, 0.3) is 21.9 Å². The van der Waals surface area contributed by atoms with Gasteiger partial charge >= 0.3 is 0 Å². The normalized spacial score (nSPS) is 11.7. The van der Waals surface area contributed by atoms with Crippen LogP contribution < -0.4 is 5.43 Å². The Bertz CT molecular complexity index is 1120. The Morgan fingerprint density at radius 3 is 2.46 bits per heavy atom. The van der Waals surface area contributed by atoms with Gasteiger partial charge in [-0.2, -0.15) is 0 Å². The summed E-state index contributed by atoms with van der Waals surface area (Å²) < 4.78 is 2.06. The van der Waals surface area contributed by atoms with Gasteiger partial charge in [-0.1, -0.05) is 63.2 Å². The minimum atomic E-state index is -0.179. The second-order valence-corrected chi connectivity index (χ2v) is 7.40. The van der Waals surface area contributed by atoms with Crippen molar-refractivity contribution >= 4 is 21.9 Å². The molecule has 2 heterocycles. The fourth-order valence-electron chi connectivity index (χ4n) is 3.30. The third-order valence-electron chi connectivity index (χ3n) is 4.41. The molecule has 0 bridgehead atoms. The largest absolute Gasteiger partial charge is 0.360 e. The molecule has 0 aliphatic heterocycles. The van der Waals surface area contributed by atoms with Crippen LogP contribution in [0.5, 0.6) is 0 Å². The van der Waals surface area contributed by atoms with Crippen molar-refractivity contribution < 1.29 is 31.1 Å². The second-order valence-electron chi connectivity index (χ2n) is 7.40. The Morgan fingerprint density at radius 2 is 1.77 bits per heavy atom. The van der Waals surface area contributed by atoms with Crippen LogP contribution in [0.4, 0.5) is 0 Å². The number of benzene rings is 2. The predicted molar refractivity (Wildman–Crippen MR) is 101 cm³/mol. The molecule has 0 saturated carbocycles. The van der Waals surface area contributed by atoms with Crippen molar-refractivity contribution in [3.8, 4) is 0 Å². The molecule has 0 aliphatic carbocycles. The average Bonchev–Trinajstić information content (AvgIpc) is 2.96. The number of pyridine rings is 1. The maximum absolute atomic E-state index is 12.9. The molecule has 2 aromatic heterocycles. The zero-order chi connectivity index (χ0) is 17.6. The van der Waals surface area contributed by atoms with Crippen LogP contribution in [0.1, 0.15) is 32.2 Å². The van der Waals surface area contributed by atoms with Gasteiger partial charge in [0.2, 0.25) is 0 Å². The maximum Gasteiger partial charge on any atom is 0.123 e. The van der Waals surface area contributed by atoms with E-state index in [-0.39, 0.29) is 42.0 Å². The molecule has 0 saturated heterocycles. The van der Waals surface area contributed by atoms with Crippen LogP contribution in [-0.4, -0.2) is 14.5 Å². The van der Waals surface area contributed by atoms with Gasteiger partial charge in [-0.15, -0.1) is 11.5 Å². The van der Waals surface area contributed by atoms with Crippen molar-refractivity contribution in [2.24, 2.45) is 0 Å². The molecule has 0 spiro atoms. The topological polar surface area (TPSA) is 47.8 Å². The van der Waals surface area contributed by atoms with E-state index in [1.165, 1.54) is 0 Å². The number of fused-ring (bicyclic) bond motifs is 3. The van der Waals surface area contributed by atoms with E-state index in [1.54, 1.807) is 12.3 Å². The number of nitrogens with zero attached hydrogens (tertiary/aromatic N) is 3. The van der Waals surface area contributed by atoms with Gasteiger partial charge in [-0.3, -0.25) is 4.98 Å². The van der Waals surface area contributed by atoms with Crippen LogP contribution in [0.3, 0.4) is 0 Å². The fraction of sp³-hybridized carbons (Fsp3) is 0.238. The molecule has 5 heteroatoms. The Hall–Kier alpha value is -1.83. The van der Waals surface area contributed by atoms with E-state index in [0.29, 0.717) is 17.6 Å². The summed E-state index contributed by atoms with van der Waals surface area (Å²) in [7, 11) is 0. The molecule has 2 aromatic carbocycles. The van der Waals surface area contributed by atoms with Crippen LogP contribution in [0, 0.1) is 31.1 Å². The number of imidazole rings is 1. The molecule has 4 aromatic rings. The molecule has 0 amide bonds. The first-order chi connectivity index (χ1) is 11.9. The summed E-state index contributed by atoms with van der Waals surface area (Å²) in [6.45, 7) is 6.99. The first-order valence-corrected chi connectivity index (χ1v) is 8.44. The van der Waals surface area contributed by atoms with Crippen LogP contribution >= 0.6 is 0 Å². The molecule has 0 atom stereocenters. The van der Waals surface area contributed by atoms with Gasteiger partial charge < -0.3 is 14.3 Å². The van der Waals surface area contributed by atoms with Gasteiger partial charge in [0.1, 0.15) is 11.3 Å². The first kappa shape index (κ1) is 18.9. The quantitative estimate of drug-likeness (QED) is 0.344. The number of aromatic nitrogens is 3. The van der Waals surface area contributed by atoms with Gasteiger partial charge in [-0.25, -0.2) is 0 Å². The van der Waals surface area contributed by atoms with Gasteiger partial charge in [-0.05, 0) is 5.56 Å². The summed E-state index contributed by atoms with van der Waals surface area (Å²) in [5.41, 5.74) is 3.09. The van der Waals surface area contributed by atoms with Crippen molar-refractivity contribution in [1.29, 1.82) is 0 Å². The summed E-state index contributed by atoms with van der Waals surface area (Å²) in [5, 5.41) is 0.838. The third-order valence-corrected chi connectivity index (χ3v) is 4.41. The average molecular weight is 568 g/mol. The second kappa shape index (κ2) is 7.06. The Balaban J connectivity index is 0.00000196. The van der Waals surface area contributed by atoms with E-state index in [4.69, 9.17) is 4.98 Å². The molecule has 26 heavy (non-hydrogen) atoms. The minimum absolute atomic E-state index is 0. The molecule has 0 unspecified atom stereocenters. The van der Waals surface area contributed by atoms with Gasteiger partial charge in [0.05, 0.1) is 0 Å². The Kier molecular flexibility index (Phi) is 5.14. The zero-order valence-electron chi connectivity index (χ0n) is 15.2. The third kappa shape index (κ3) is 3.27. The van der Waals surface area contributed by atoms with Crippen LogP contribution in [-0.2, 0) is 12.0 Å². The van der Waals surface area contributed by atoms with Crippen molar-refractivity contribution in [3.05, 3.63) is 76.3 Å². The van der Waals surface area contributed by atoms with Crippen molar-refractivity contribution in [3.63, 3.8) is 0 Å². The fourth-order valence-corrected chi connectivity index (χ4v) is 3.30. The predicted octanol–water partition coefficient (Wildman–Crippen LogP) is 4.01. The van der Waals surface area contributed by atoms with E-state index in [2.05, 4.69) is 42.5 Å². The van der Waals surface area contributed by atoms with Crippen molar-refractivity contribution in [2.75, 3.05) is 0 Å². The smallest absolute Gasteiger partial charge is 0.123 e. The standard InChI is InChI=1S/C21H20N3O.U/c1-21(2,3)20-23-18-17-15(10-7-11-22-17)12-16(25)19(18)24(20)13-14-8-5-4-6-9-14;/h4-12H,13H2,1-3H3;/q-1;. The van der Waals surface area contributed by atoms with E-state index < -0.39 is 0 Å². The number of rotatable bonds is 2. The van der Waals surface area contributed by atoms with Gasteiger partial charge in [0, 0.05) is 65.8 Å². The van der Waals surface area contributed by atoms with Crippen LogP contribution in [0.15, 0.2) is 59.5 Å². The first-order valence-electron chi connectivity index (χ1n) is 8.44. The summed E-state index contributed by atoms with van der Waals surface area (Å²) in [4.78, 5) is 22.2. The summed E-state index contributed by atoms with van der Waals surface area (Å²) in [5.74, 6) is 0.904. The molecule has 0 aliphatic rings. The zero-order valence-corrected chi connectivity index (χ0v) is 19.3. The summed E-state index contributed by atoms with van der Waals surface area (Å²) >= 11 is 0. The molecular weight excluding hydrogens is 548 g/mol. The molecule has 0 N–H and O–H groups in total. The van der Waals surface area contributed by atoms with Crippen molar-refractivity contribution in [2.45, 2.75) is 32.7 Å². The van der Waals surface area contributed by atoms with E-state index in [1.807, 2.05) is 30.3 Å². The van der Waals surface area contributed by atoms with Crippen LogP contribution in [0.2, 0.25) is 0 Å².